The molecule has 0 aliphatic carbocycles. The lowest BCUT2D eigenvalue weighted by molar-refractivity contribution is -0.126. The molecule has 2 aliphatic rings. The average Bonchev–Trinajstić information content (AvgIpc) is 2.65. The van der Waals surface area contributed by atoms with Crippen LogP contribution in [-0.4, -0.2) is 49.6 Å². The number of likely N-dealkylation sites (tertiary alicyclic amines) is 1. The van der Waals surface area contributed by atoms with Crippen LogP contribution in [0.4, 0.5) is 0 Å². The lowest BCUT2D eigenvalue weighted by Gasteiger charge is -2.32. The van der Waals surface area contributed by atoms with Gasteiger partial charge in [0.05, 0.1) is 5.92 Å². The summed E-state index contributed by atoms with van der Waals surface area (Å²) in [4.78, 5) is 26.7. The molecule has 1 aromatic rings. The average molecular weight is 332 g/mol. The van der Waals surface area contributed by atoms with E-state index >= 15 is 0 Å². The van der Waals surface area contributed by atoms with Crippen molar-refractivity contribution in [2.75, 3.05) is 32.8 Å². The molecule has 24 heavy (non-hydrogen) atoms. The highest BCUT2D eigenvalue weighted by Crippen LogP contribution is 2.31. The van der Waals surface area contributed by atoms with E-state index in [1.807, 2.05) is 6.92 Å². The van der Waals surface area contributed by atoms with Crippen LogP contribution in [0.1, 0.15) is 36.5 Å². The van der Waals surface area contributed by atoms with Crippen molar-refractivity contribution in [3.8, 4) is 11.5 Å². The standard InChI is InChI=1S/C18H24N2O4/c1-2-7-19-17(21)14-4-3-8-20(12-14)18(22)13-5-6-15-16(11-13)24-10-9-23-15/h5-6,11,14H,2-4,7-10,12H2,1H3,(H,19,21)/t14-/m0/s1. The van der Waals surface area contributed by atoms with Gasteiger partial charge in [0.1, 0.15) is 13.2 Å². The predicted octanol–water partition coefficient (Wildman–Crippen LogP) is 1.84. The van der Waals surface area contributed by atoms with Crippen LogP contribution in [0, 0.1) is 5.92 Å². The van der Waals surface area contributed by atoms with Crippen molar-refractivity contribution < 1.29 is 19.1 Å². The number of piperidine rings is 1. The number of benzene rings is 1. The Balaban J connectivity index is 1.67. The molecule has 6 nitrogen and oxygen atoms in total. The fourth-order valence-electron chi connectivity index (χ4n) is 3.13. The summed E-state index contributed by atoms with van der Waals surface area (Å²) in [7, 11) is 0. The lowest BCUT2D eigenvalue weighted by Crippen LogP contribution is -2.45. The van der Waals surface area contributed by atoms with Crippen molar-refractivity contribution in [3.63, 3.8) is 0 Å². The highest BCUT2D eigenvalue weighted by Gasteiger charge is 2.29. The normalized spacial score (nSPS) is 19.7. The second-order valence-electron chi connectivity index (χ2n) is 6.24. The lowest BCUT2D eigenvalue weighted by atomic mass is 9.96. The summed E-state index contributed by atoms with van der Waals surface area (Å²) in [6.07, 6.45) is 2.60. The Morgan fingerprint density at radius 2 is 2.04 bits per heavy atom. The smallest absolute Gasteiger partial charge is 0.254 e. The molecule has 0 spiro atoms. The Kier molecular flexibility index (Phi) is 5.23. The van der Waals surface area contributed by atoms with Crippen molar-refractivity contribution in [1.82, 2.24) is 10.2 Å². The third-order valence-electron chi connectivity index (χ3n) is 4.42. The first-order valence-corrected chi connectivity index (χ1v) is 8.65. The Labute approximate surface area is 142 Å². The molecule has 0 radical (unpaired) electrons. The molecule has 130 valence electrons. The van der Waals surface area contributed by atoms with Gasteiger partial charge in [-0.15, -0.1) is 0 Å². The third-order valence-corrected chi connectivity index (χ3v) is 4.42. The molecule has 1 fully saturated rings. The van der Waals surface area contributed by atoms with E-state index < -0.39 is 0 Å². The maximum absolute atomic E-state index is 12.8. The zero-order valence-electron chi connectivity index (χ0n) is 14.0. The number of carbonyl (C=O) groups is 2. The van der Waals surface area contributed by atoms with E-state index in [-0.39, 0.29) is 17.7 Å². The molecule has 1 saturated heterocycles. The van der Waals surface area contributed by atoms with Crippen LogP contribution >= 0.6 is 0 Å². The second kappa shape index (κ2) is 7.55. The second-order valence-corrected chi connectivity index (χ2v) is 6.24. The van der Waals surface area contributed by atoms with E-state index in [0.29, 0.717) is 49.9 Å². The molecule has 0 aromatic heterocycles. The van der Waals surface area contributed by atoms with Crippen LogP contribution in [0.15, 0.2) is 18.2 Å². The minimum atomic E-state index is -0.119. The van der Waals surface area contributed by atoms with E-state index in [9.17, 15) is 9.59 Å². The first kappa shape index (κ1) is 16.6. The molecule has 0 saturated carbocycles. The Morgan fingerprint density at radius 3 is 2.83 bits per heavy atom. The number of nitrogens with zero attached hydrogens (tertiary/aromatic N) is 1. The van der Waals surface area contributed by atoms with E-state index in [2.05, 4.69) is 5.32 Å². The largest absolute Gasteiger partial charge is 0.486 e. The van der Waals surface area contributed by atoms with Gasteiger partial charge in [-0.3, -0.25) is 9.59 Å². The van der Waals surface area contributed by atoms with Crippen LogP contribution in [-0.2, 0) is 4.79 Å². The number of fused-ring (bicyclic) bond motifs is 1. The van der Waals surface area contributed by atoms with Crippen molar-refractivity contribution in [3.05, 3.63) is 23.8 Å². The van der Waals surface area contributed by atoms with Gasteiger partial charge in [-0.05, 0) is 37.5 Å². The molecule has 0 unspecified atom stereocenters. The fraction of sp³-hybridized carbons (Fsp3) is 0.556. The Hall–Kier alpha value is -2.24. The molecule has 2 heterocycles. The molecular formula is C18H24N2O4. The minimum Gasteiger partial charge on any atom is -0.486 e. The number of hydrogen-bond acceptors (Lipinski definition) is 4. The molecule has 1 aromatic carbocycles. The molecule has 6 heteroatoms. The van der Waals surface area contributed by atoms with Gasteiger partial charge in [0, 0.05) is 25.2 Å². The van der Waals surface area contributed by atoms with Crippen LogP contribution in [0.3, 0.4) is 0 Å². The number of nitrogens with one attached hydrogen (secondary N) is 1. The van der Waals surface area contributed by atoms with E-state index in [0.717, 1.165) is 19.3 Å². The van der Waals surface area contributed by atoms with Crippen molar-refractivity contribution in [1.29, 1.82) is 0 Å². The fourth-order valence-corrected chi connectivity index (χ4v) is 3.13. The van der Waals surface area contributed by atoms with Crippen LogP contribution in [0.2, 0.25) is 0 Å². The molecule has 0 bridgehead atoms. The zero-order chi connectivity index (χ0) is 16.9. The zero-order valence-corrected chi connectivity index (χ0v) is 14.0. The van der Waals surface area contributed by atoms with Gasteiger partial charge >= 0.3 is 0 Å². The number of carbonyl (C=O) groups excluding carboxylic acids is 2. The predicted molar refractivity (Wildman–Crippen MR) is 89.4 cm³/mol. The summed E-state index contributed by atoms with van der Waals surface area (Å²) < 4.78 is 11.0. The molecule has 1 atom stereocenters. The summed E-state index contributed by atoms with van der Waals surface area (Å²) >= 11 is 0. The molecule has 1 N–H and O–H groups in total. The quantitative estimate of drug-likeness (QED) is 0.913. The number of hydrogen-bond donors (Lipinski definition) is 1. The monoisotopic (exact) mass is 332 g/mol. The topological polar surface area (TPSA) is 67.9 Å². The van der Waals surface area contributed by atoms with Gasteiger partial charge in [0.2, 0.25) is 5.91 Å². The molecule has 2 aliphatic heterocycles. The minimum absolute atomic E-state index is 0.0523. The van der Waals surface area contributed by atoms with Crippen LogP contribution in [0.5, 0.6) is 11.5 Å². The van der Waals surface area contributed by atoms with Gasteiger partial charge in [-0.25, -0.2) is 0 Å². The maximum atomic E-state index is 12.8. The van der Waals surface area contributed by atoms with E-state index in [1.54, 1.807) is 23.1 Å². The summed E-state index contributed by atoms with van der Waals surface area (Å²) in [5.74, 6) is 1.16. The summed E-state index contributed by atoms with van der Waals surface area (Å²) in [5.41, 5.74) is 0.578. The number of amides is 2. The summed E-state index contributed by atoms with van der Waals surface area (Å²) in [6, 6.07) is 5.27. The van der Waals surface area contributed by atoms with E-state index in [4.69, 9.17) is 9.47 Å². The Bertz CT molecular complexity index is 617. The summed E-state index contributed by atoms with van der Waals surface area (Å²) in [5, 5.41) is 2.93. The van der Waals surface area contributed by atoms with Crippen LogP contribution < -0.4 is 14.8 Å². The van der Waals surface area contributed by atoms with Gasteiger partial charge in [-0.2, -0.15) is 0 Å². The highest BCUT2D eigenvalue weighted by atomic mass is 16.6. The number of ether oxygens (including phenoxy) is 2. The van der Waals surface area contributed by atoms with E-state index in [1.165, 1.54) is 0 Å². The van der Waals surface area contributed by atoms with Crippen molar-refractivity contribution >= 4 is 11.8 Å². The first-order chi connectivity index (χ1) is 11.7. The Morgan fingerprint density at radius 1 is 1.25 bits per heavy atom. The summed E-state index contributed by atoms with van der Waals surface area (Å²) in [6.45, 7) is 4.90. The SMILES string of the molecule is CCCNC(=O)[C@H]1CCCN(C(=O)c2ccc3c(c2)OCCO3)C1. The maximum Gasteiger partial charge on any atom is 0.254 e. The van der Waals surface area contributed by atoms with Crippen LogP contribution in [0.25, 0.3) is 0 Å². The number of rotatable bonds is 4. The highest BCUT2D eigenvalue weighted by molar-refractivity contribution is 5.95. The van der Waals surface area contributed by atoms with Gasteiger partial charge < -0.3 is 19.7 Å². The van der Waals surface area contributed by atoms with Crippen molar-refractivity contribution in [2.24, 2.45) is 5.92 Å². The van der Waals surface area contributed by atoms with Gasteiger partial charge in [0.15, 0.2) is 11.5 Å². The first-order valence-electron chi connectivity index (χ1n) is 8.65. The molecular weight excluding hydrogens is 308 g/mol. The van der Waals surface area contributed by atoms with Gasteiger partial charge in [0.25, 0.3) is 5.91 Å². The van der Waals surface area contributed by atoms with Crippen molar-refractivity contribution in [2.45, 2.75) is 26.2 Å². The molecule has 3 rings (SSSR count). The molecule has 2 amide bonds. The van der Waals surface area contributed by atoms with Gasteiger partial charge in [-0.1, -0.05) is 6.92 Å². The third kappa shape index (κ3) is 3.63.